The van der Waals surface area contributed by atoms with E-state index in [1.807, 2.05) is 11.8 Å². The number of sulfonamides is 1. The van der Waals surface area contributed by atoms with Gasteiger partial charge < -0.3 is 4.98 Å². The highest BCUT2D eigenvalue weighted by Crippen LogP contribution is 2.30. The van der Waals surface area contributed by atoms with E-state index in [0.29, 0.717) is 5.25 Å². The van der Waals surface area contributed by atoms with Gasteiger partial charge in [0.1, 0.15) is 5.02 Å². The number of thioether (sulfide) groups is 1. The Hall–Kier alpha value is -0.500. The second kappa shape index (κ2) is 6.51. The van der Waals surface area contributed by atoms with E-state index in [1.165, 1.54) is 12.3 Å². The van der Waals surface area contributed by atoms with Gasteiger partial charge in [-0.15, -0.1) is 0 Å². The van der Waals surface area contributed by atoms with Gasteiger partial charge in [-0.25, -0.2) is 13.1 Å². The maximum atomic E-state index is 12.2. The van der Waals surface area contributed by atoms with Crippen molar-refractivity contribution >= 4 is 33.4 Å². The van der Waals surface area contributed by atoms with E-state index in [9.17, 15) is 13.2 Å². The van der Waals surface area contributed by atoms with Gasteiger partial charge in [0.15, 0.2) is 0 Å². The van der Waals surface area contributed by atoms with Crippen LogP contribution in [0.5, 0.6) is 0 Å². The summed E-state index contributed by atoms with van der Waals surface area (Å²) < 4.78 is 27.1. The lowest BCUT2D eigenvalue weighted by Crippen LogP contribution is -2.33. The second-order valence-electron chi connectivity index (χ2n) is 4.72. The zero-order valence-electron chi connectivity index (χ0n) is 11.1. The van der Waals surface area contributed by atoms with Crippen LogP contribution in [0.1, 0.15) is 26.2 Å². The molecule has 112 valence electrons. The number of H-pyrrole nitrogens is 1. The molecular formula is C12H17ClN2O3S2. The van der Waals surface area contributed by atoms with Gasteiger partial charge in [-0.1, -0.05) is 18.5 Å². The summed E-state index contributed by atoms with van der Waals surface area (Å²) in [5.74, 6) is 1.04. The van der Waals surface area contributed by atoms with Gasteiger partial charge in [0.05, 0.1) is 4.90 Å². The number of rotatable bonds is 5. The first kappa shape index (κ1) is 15.9. The van der Waals surface area contributed by atoms with E-state index in [-0.39, 0.29) is 16.0 Å². The van der Waals surface area contributed by atoms with Crippen LogP contribution in [0.25, 0.3) is 0 Å². The third kappa shape index (κ3) is 3.78. The van der Waals surface area contributed by atoms with E-state index >= 15 is 0 Å². The first-order valence-electron chi connectivity index (χ1n) is 6.44. The highest BCUT2D eigenvalue weighted by Gasteiger charge is 2.28. The van der Waals surface area contributed by atoms with Crippen LogP contribution in [-0.2, 0) is 10.0 Å². The molecule has 0 bridgehead atoms. The zero-order chi connectivity index (χ0) is 14.8. The van der Waals surface area contributed by atoms with E-state index in [1.54, 1.807) is 0 Å². The monoisotopic (exact) mass is 336 g/mol. The molecule has 5 nitrogen and oxygen atoms in total. The molecule has 0 radical (unpaired) electrons. The molecule has 1 saturated carbocycles. The summed E-state index contributed by atoms with van der Waals surface area (Å²) in [6.45, 7) is 2.10. The van der Waals surface area contributed by atoms with Crippen LogP contribution < -0.4 is 10.3 Å². The molecule has 0 aliphatic heterocycles. The Morgan fingerprint density at radius 1 is 1.50 bits per heavy atom. The van der Waals surface area contributed by atoms with Crippen molar-refractivity contribution in [2.24, 2.45) is 0 Å². The van der Waals surface area contributed by atoms with Gasteiger partial charge in [0, 0.05) is 17.5 Å². The Balaban J connectivity index is 2.08. The first-order chi connectivity index (χ1) is 9.42. The van der Waals surface area contributed by atoms with Crippen LogP contribution in [0.2, 0.25) is 5.02 Å². The molecule has 0 aromatic carbocycles. The summed E-state index contributed by atoms with van der Waals surface area (Å²) in [5.41, 5.74) is -0.495. The van der Waals surface area contributed by atoms with Crippen molar-refractivity contribution in [3.63, 3.8) is 0 Å². The quantitative estimate of drug-likeness (QED) is 0.861. The Labute approximate surface area is 127 Å². The number of halogens is 1. The van der Waals surface area contributed by atoms with Crippen LogP contribution in [0.4, 0.5) is 0 Å². The number of pyridine rings is 1. The third-order valence-corrected chi connectivity index (χ3v) is 6.26. The predicted molar refractivity (Wildman–Crippen MR) is 82.0 cm³/mol. The summed E-state index contributed by atoms with van der Waals surface area (Å²) in [5, 5.41) is 0.394. The van der Waals surface area contributed by atoms with Crippen molar-refractivity contribution in [2.45, 2.75) is 42.4 Å². The van der Waals surface area contributed by atoms with E-state index in [2.05, 4.69) is 16.6 Å². The van der Waals surface area contributed by atoms with Crippen LogP contribution in [0, 0.1) is 0 Å². The molecule has 1 aliphatic carbocycles. The molecule has 1 fully saturated rings. The fourth-order valence-electron chi connectivity index (χ4n) is 2.31. The molecular weight excluding hydrogens is 320 g/mol. The molecule has 0 saturated heterocycles. The van der Waals surface area contributed by atoms with Gasteiger partial charge in [-0.3, -0.25) is 4.79 Å². The molecule has 8 heteroatoms. The van der Waals surface area contributed by atoms with Crippen molar-refractivity contribution < 1.29 is 8.42 Å². The SMILES string of the molecule is CCSC1CCC(NS(=O)(=O)c2c[nH]c(=O)c(Cl)c2)C1. The molecule has 2 rings (SSSR count). The van der Waals surface area contributed by atoms with Gasteiger partial charge in [0.2, 0.25) is 10.0 Å². The van der Waals surface area contributed by atoms with Gasteiger partial charge in [0.25, 0.3) is 5.56 Å². The van der Waals surface area contributed by atoms with Gasteiger partial charge in [-0.05, 0) is 31.1 Å². The van der Waals surface area contributed by atoms with Crippen LogP contribution in [-0.4, -0.2) is 30.4 Å². The van der Waals surface area contributed by atoms with Gasteiger partial charge >= 0.3 is 0 Å². The van der Waals surface area contributed by atoms with Crippen molar-refractivity contribution in [3.05, 3.63) is 27.6 Å². The second-order valence-corrected chi connectivity index (χ2v) is 8.42. The largest absolute Gasteiger partial charge is 0.326 e. The summed E-state index contributed by atoms with van der Waals surface area (Å²) in [7, 11) is -3.64. The summed E-state index contributed by atoms with van der Waals surface area (Å²) in [6.07, 6.45) is 3.88. The first-order valence-corrected chi connectivity index (χ1v) is 9.35. The van der Waals surface area contributed by atoms with Crippen molar-refractivity contribution in [2.75, 3.05) is 5.75 Å². The lowest BCUT2D eigenvalue weighted by molar-refractivity contribution is 0.552. The van der Waals surface area contributed by atoms with Crippen molar-refractivity contribution in [1.29, 1.82) is 0 Å². The number of hydrogen-bond donors (Lipinski definition) is 2. The van der Waals surface area contributed by atoms with E-state index in [0.717, 1.165) is 25.0 Å². The van der Waals surface area contributed by atoms with Gasteiger partial charge in [-0.2, -0.15) is 11.8 Å². The fraction of sp³-hybridized carbons (Fsp3) is 0.583. The molecule has 1 aliphatic rings. The zero-order valence-corrected chi connectivity index (χ0v) is 13.4. The Bertz CT molecular complexity index is 630. The highest BCUT2D eigenvalue weighted by atomic mass is 35.5. The number of hydrogen-bond acceptors (Lipinski definition) is 4. The fourth-order valence-corrected chi connectivity index (χ4v) is 4.97. The molecule has 2 atom stereocenters. The minimum absolute atomic E-state index is 0.00584. The average molecular weight is 337 g/mol. The summed E-state index contributed by atoms with van der Waals surface area (Å²) in [6, 6.07) is 1.13. The molecule has 1 heterocycles. The third-order valence-electron chi connectivity index (χ3n) is 3.25. The minimum Gasteiger partial charge on any atom is -0.326 e. The predicted octanol–water partition coefficient (Wildman–Crippen LogP) is 1.98. The van der Waals surface area contributed by atoms with Crippen molar-refractivity contribution in [1.82, 2.24) is 9.71 Å². The summed E-state index contributed by atoms with van der Waals surface area (Å²) in [4.78, 5) is 13.5. The molecule has 1 aromatic heterocycles. The van der Waals surface area contributed by atoms with Crippen LogP contribution >= 0.6 is 23.4 Å². The number of nitrogens with one attached hydrogen (secondary N) is 2. The molecule has 0 amide bonds. The number of aromatic amines is 1. The topological polar surface area (TPSA) is 79.0 Å². The summed E-state index contributed by atoms with van der Waals surface area (Å²) >= 11 is 7.53. The van der Waals surface area contributed by atoms with E-state index in [4.69, 9.17) is 11.6 Å². The number of aromatic nitrogens is 1. The molecule has 20 heavy (non-hydrogen) atoms. The normalized spacial score (nSPS) is 23.1. The molecule has 2 N–H and O–H groups in total. The Morgan fingerprint density at radius 2 is 2.25 bits per heavy atom. The smallest absolute Gasteiger partial charge is 0.266 e. The molecule has 2 unspecified atom stereocenters. The van der Waals surface area contributed by atoms with Crippen LogP contribution in [0.15, 0.2) is 22.0 Å². The Kier molecular flexibility index (Phi) is 5.17. The highest BCUT2D eigenvalue weighted by molar-refractivity contribution is 7.99. The maximum absolute atomic E-state index is 12.2. The maximum Gasteiger partial charge on any atom is 0.266 e. The van der Waals surface area contributed by atoms with Crippen molar-refractivity contribution in [3.8, 4) is 0 Å². The lowest BCUT2D eigenvalue weighted by Gasteiger charge is -2.13. The lowest BCUT2D eigenvalue weighted by atomic mass is 10.3. The average Bonchev–Trinajstić information content (AvgIpc) is 2.79. The molecule has 0 spiro atoms. The standard InChI is InChI=1S/C12H17ClN2O3S2/c1-2-19-9-4-3-8(5-9)15-20(17,18)10-6-11(13)12(16)14-7-10/h6-9,15H,2-5H2,1H3,(H,14,16). The van der Waals surface area contributed by atoms with Crippen LogP contribution in [0.3, 0.4) is 0 Å². The Morgan fingerprint density at radius 3 is 2.90 bits per heavy atom. The van der Waals surface area contributed by atoms with E-state index < -0.39 is 15.6 Å². The molecule has 1 aromatic rings. The minimum atomic E-state index is -3.64.